The maximum Gasteiger partial charge on any atom is 0.277 e. The number of rotatable bonds is 7. The third-order valence-electron chi connectivity index (χ3n) is 4.42. The number of nitrogens with two attached hydrogens (primary N) is 1. The molecule has 26 heavy (non-hydrogen) atoms. The molecular weight excluding hydrogens is 326 g/mol. The first kappa shape index (κ1) is 19.7. The average molecular weight is 354 g/mol. The number of quaternary nitrogens is 1. The molecule has 2 N–H and O–H groups in total. The number of benzene rings is 2. The van der Waals surface area contributed by atoms with E-state index in [1.165, 1.54) is 15.4 Å². The minimum absolute atomic E-state index is 0.0405. The zero-order valence-corrected chi connectivity index (χ0v) is 16.0. The highest BCUT2D eigenvalue weighted by atomic mass is 16.2. The fourth-order valence-corrected chi connectivity index (χ4v) is 2.71. The van der Waals surface area contributed by atoms with E-state index in [0.717, 1.165) is 11.1 Å². The Balaban J connectivity index is 2.09. The first-order chi connectivity index (χ1) is 12.4. The molecule has 0 bridgehead atoms. The van der Waals surface area contributed by atoms with Crippen molar-refractivity contribution in [1.82, 2.24) is 9.80 Å². The average Bonchev–Trinajstić information content (AvgIpc) is 2.63. The second-order valence-corrected chi connectivity index (χ2v) is 6.78. The summed E-state index contributed by atoms with van der Waals surface area (Å²) in [5, 5.41) is 2.03. The van der Waals surface area contributed by atoms with Gasteiger partial charge in [0.25, 0.3) is 5.91 Å². The van der Waals surface area contributed by atoms with Gasteiger partial charge in [0, 0.05) is 32.3 Å². The molecule has 138 valence electrons. The smallest absolute Gasteiger partial charge is 0.277 e. The van der Waals surface area contributed by atoms with Crippen LogP contribution < -0.4 is 5.32 Å². The maximum atomic E-state index is 12.4. The van der Waals surface area contributed by atoms with Crippen molar-refractivity contribution in [2.24, 2.45) is 0 Å². The molecule has 0 fully saturated rings. The summed E-state index contributed by atoms with van der Waals surface area (Å²) < 4.78 is 0. The van der Waals surface area contributed by atoms with E-state index in [1.807, 2.05) is 23.5 Å². The molecule has 0 heterocycles. The van der Waals surface area contributed by atoms with Crippen LogP contribution in [-0.4, -0.2) is 55.8 Å². The Kier molecular flexibility index (Phi) is 6.92. The highest BCUT2D eigenvalue weighted by Crippen LogP contribution is 2.18. The van der Waals surface area contributed by atoms with Gasteiger partial charge in [-0.15, -0.1) is 0 Å². The Morgan fingerprint density at radius 2 is 1.46 bits per heavy atom. The molecule has 2 aromatic carbocycles. The number of likely N-dealkylation sites (N-methyl/N-ethyl adjacent to an activating group) is 2. The van der Waals surface area contributed by atoms with Gasteiger partial charge in [-0.2, -0.15) is 0 Å². The lowest BCUT2D eigenvalue weighted by molar-refractivity contribution is -0.677. The summed E-state index contributed by atoms with van der Waals surface area (Å²) in [5.41, 5.74) is 3.51. The standard InChI is InChI=1S/C21H27N3O2/c1-16-10-12-18(13-11-16)21(17-8-6-5-7-9-17)22-14-19(25)24(4)15-20(26)23(2)3/h5-13,21-22H,14-15H2,1-4H3/p+1/t21-/m0/s1. The number of aryl methyl sites for hydroxylation is 1. The minimum Gasteiger partial charge on any atom is -0.347 e. The lowest BCUT2D eigenvalue weighted by Gasteiger charge is -2.21. The minimum atomic E-state index is -0.0843. The van der Waals surface area contributed by atoms with Crippen molar-refractivity contribution in [2.75, 3.05) is 34.2 Å². The van der Waals surface area contributed by atoms with Gasteiger partial charge in [-0.25, -0.2) is 0 Å². The van der Waals surface area contributed by atoms with Crippen LogP contribution in [0.1, 0.15) is 22.7 Å². The van der Waals surface area contributed by atoms with Gasteiger partial charge >= 0.3 is 0 Å². The fraction of sp³-hybridized carbons (Fsp3) is 0.333. The maximum absolute atomic E-state index is 12.4. The molecule has 0 radical (unpaired) electrons. The molecule has 0 aliphatic carbocycles. The number of hydrogen-bond donors (Lipinski definition) is 1. The first-order valence-corrected chi connectivity index (χ1v) is 8.77. The topological polar surface area (TPSA) is 57.2 Å². The summed E-state index contributed by atoms with van der Waals surface area (Å²) in [6, 6.07) is 18.6. The molecule has 0 spiro atoms. The summed E-state index contributed by atoms with van der Waals surface area (Å²) in [6.07, 6.45) is 0. The second kappa shape index (κ2) is 9.15. The Labute approximate surface area is 155 Å². The second-order valence-electron chi connectivity index (χ2n) is 6.78. The molecule has 2 amide bonds. The predicted octanol–water partition coefficient (Wildman–Crippen LogP) is 1.19. The summed E-state index contributed by atoms with van der Waals surface area (Å²) in [7, 11) is 5.05. The summed E-state index contributed by atoms with van der Waals surface area (Å²) >= 11 is 0. The molecule has 1 atom stereocenters. The van der Waals surface area contributed by atoms with Crippen molar-refractivity contribution in [3.05, 3.63) is 71.3 Å². The lowest BCUT2D eigenvalue weighted by Crippen LogP contribution is -2.87. The van der Waals surface area contributed by atoms with Crippen molar-refractivity contribution in [1.29, 1.82) is 0 Å². The van der Waals surface area contributed by atoms with Crippen LogP contribution in [0.3, 0.4) is 0 Å². The Morgan fingerprint density at radius 1 is 0.885 bits per heavy atom. The van der Waals surface area contributed by atoms with Gasteiger partial charge < -0.3 is 15.1 Å². The Morgan fingerprint density at radius 3 is 2.04 bits per heavy atom. The molecule has 5 heteroatoms. The third kappa shape index (κ3) is 5.43. The van der Waals surface area contributed by atoms with Gasteiger partial charge in [0.15, 0.2) is 6.54 Å². The Bertz CT molecular complexity index is 727. The van der Waals surface area contributed by atoms with Gasteiger partial charge in [-0.3, -0.25) is 9.59 Å². The molecule has 5 nitrogen and oxygen atoms in total. The zero-order chi connectivity index (χ0) is 19.1. The zero-order valence-electron chi connectivity index (χ0n) is 16.0. The van der Waals surface area contributed by atoms with Crippen LogP contribution >= 0.6 is 0 Å². The molecular formula is C21H28N3O2+. The number of amides is 2. The van der Waals surface area contributed by atoms with E-state index in [-0.39, 0.29) is 30.9 Å². The predicted molar refractivity (Wildman–Crippen MR) is 103 cm³/mol. The summed E-state index contributed by atoms with van der Waals surface area (Å²) in [6.45, 7) is 2.44. The van der Waals surface area contributed by atoms with Crippen LogP contribution in [0.15, 0.2) is 54.6 Å². The third-order valence-corrected chi connectivity index (χ3v) is 4.42. The molecule has 0 saturated heterocycles. The lowest BCUT2D eigenvalue weighted by atomic mass is 9.98. The molecule has 2 aromatic rings. The number of hydrogen-bond acceptors (Lipinski definition) is 2. The molecule has 2 rings (SSSR count). The van der Waals surface area contributed by atoms with Crippen LogP contribution in [0.5, 0.6) is 0 Å². The number of carbonyl (C=O) groups excluding carboxylic acids is 2. The molecule has 0 unspecified atom stereocenters. The van der Waals surface area contributed by atoms with Crippen molar-refractivity contribution < 1.29 is 14.9 Å². The van der Waals surface area contributed by atoms with Crippen LogP contribution in [0, 0.1) is 6.92 Å². The van der Waals surface area contributed by atoms with Gasteiger partial charge in [0.1, 0.15) is 6.04 Å². The summed E-state index contributed by atoms with van der Waals surface area (Å²) in [4.78, 5) is 27.2. The summed E-state index contributed by atoms with van der Waals surface area (Å²) in [5.74, 6) is -0.146. The highest BCUT2D eigenvalue weighted by molar-refractivity contribution is 5.84. The first-order valence-electron chi connectivity index (χ1n) is 8.77. The largest absolute Gasteiger partial charge is 0.347 e. The van der Waals surface area contributed by atoms with E-state index in [1.54, 1.807) is 21.1 Å². The van der Waals surface area contributed by atoms with Gasteiger partial charge in [-0.05, 0) is 6.92 Å². The van der Waals surface area contributed by atoms with E-state index in [9.17, 15) is 9.59 Å². The van der Waals surface area contributed by atoms with Gasteiger partial charge in [0.2, 0.25) is 5.91 Å². The normalized spacial score (nSPS) is 11.7. The SMILES string of the molecule is Cc1ccc([C@@H]([NH2+]CC(=O)N(C)CC(=O)N(C)C)c2ccccc2)cc1. The van der Waals surface area contributed by atoms with E-state index < -0.39 is 0 Å². The molecule has 0 aromatic heterocycles. The van der Waals surface area contributed by atoms with E-state index in [4.69, 9.17) is 0 Å². The van der Waals surface area contributed by atoms with Crippen molar-refractivity contribution in [3.63, 3.8) is 0 Å². The van der Waals surface area contributed by atoms with Crippen LogP contribution in [0.25, 0.3) is 0 Å². The highest BCUT2D eigenvalue weighted by Gasteiger charge is 2.21. The van der Waals surface area contributed by atoms with E-state index >= 15 is 0 Å². The monoisotopic (exact) mass is 354 g/mol. The van der Waals surface area contributed by atoms with Crippen molar-refractivity contribution in [3.8, 4) is 0 Å². The van der Waals surface area contributed by atoms with E-state index in [0.29, 0.717) is 0 Å². The van der Waals surface area contributed by atoms with Gasteiger partial charge in [0.05, 0.1) is 6.54 Å². The quantitative estimate of drug-likeness (QED) is 0.812. The van der Waals surface area contributed by atoms with Gasteiger partial charge in [-0.1, -0.05) is 60.2 Å². The number of nitrogens with zero attached hydrogens (tertiary/aromatic N) is 2. The van der Waals surface area contributed by atoms with Crippen molar-refractivity contribution in [2.45, 2.75) is 13.0 Å². The fourth-order valence-electron chi connectivity index (χ4n) is 2.71. The van der Waals surface area contributed by atoms with Crippen LogP contribution in [0.4, 0.5) is 0 Å². The molecule has 0 saturated carbocycles. The molecule has 0 aliphatic rings. The Hall–Kier alpha value is -2.66. The van der Waals surface area contributed by atoms with Crippen molar-refractivity contribution >= 4 is 11.8 Å². The number of carbonyl (C=O) groups is 2. The molecule has 0 aliphatic heterocycles. The van der Waals surface area contributed by atoms with Crippen LogP contribution in [0.2, 0.25) is 0 Å². The van der Waals surface area contributed by atoms with Crippen LogP contribution in [-0.2, 0) is 9.59 Å². The van der Waals surface area contributed by atoms with E-state index in [2.05, 4.69) is 43.3 Å².